The predicted molar refractivity (Wildman–Crippen MR) is 78.9 cm³/mol. The van der Waals surface area contributed by atoms with Crippen LogP contribution >= 0.6 is 0 Å². The van der Waals surface area contributed by atoms with Crippen molar-refractivity contribution in [3.05, 3.63) is 18.0 Å². The molecule has 2 rings (SSSR count). The van der Waals surface area contributed by atoms with E-state index in [1.165, 1.54) is 0 Å². The van der Waals surface area contributed by atoms with Crippen molar-refractivity contribution in [3.8, 4) is 6.01 Å². The van der Waals surface area contributed by atoms with Gasteiger partial charge >= 0.3 is 6.01 Å². The molecule has 1 aromatic heterocycles. The van der Waals surface area contributed by atoms with E-state index in [4.69, 9.17) is 4.74 Å². The molecule has 1 N–H and O–H groups in total. The first kappa shape index (κ1) is 15.7. The van der Waals surface area contributed by atoms with E-state index >= 15 is 0 Å². The molecule has 0 aromatic carbocycles. The Bertz CT molecular complexity index is 465. The number of nitrogens with one attached hydrogen (secondary N) is 1. The first-order chi connectivity index (χ1) is 10.1. The van der Waals surface area contributed by atoms with Gasteiger partial charge in [-0.1, -0.05) is 0 Å². The highest BCUT2D eigenvalue weighted by Gasteiger charge is 2.25. The van der Waals surface area contributed by atoms with E-state index in [0.29, 0.717) is 6.01 Å². The van der Waals surface area contributed by atoms with Crippen LogP contribution in [0, 0.1) is 5.92 Å². The van der Waals surface area contributed by atoms with Crippen LogP contribution in [0.3, 0.4) is 0 Å². The Hall–Kier alpha value is -1.73. The number of hydrogen-bond donors (Lipinski definition) is 1. The van der Waals surface area contributed by atoms with E-state index in [0.717, 1.165) is 38.3 Å². The van der Waals surface area contributed by atoms with Crippen molar-refractivity contribution in [3.63, 3.8) is 0 Å². The third-order valence-electron chi connectivity index (χ3n) is 3.70. The van der Waals surface area contributed by atoms with Crippen molar-refractivity contribution < 1.29 is 9.53 Å². The lowest BCUT2D eigenvalue weighted by atomic mass is 10.1. The summed E-state index contributed by atoms with van der Waals surface area (Å²) in [6.45, 7) is 4.15. The Morgan fingerprint density at radius 3 is 2.71 bits per heavy atom. The van der Waals surface area contributed by atoms with Crippen LogP contribution in [-0.2, 0) is 11.3 Å². The van der Waals surface area contributed by atoms with Gasteiger partial charge in [0.2, 0.25) is 5.91 Å². The zero-order valence-corrected chi connectivity index (χ0v) is 12.9. The highest BCUT2D eigenvalue weighted by Crippen LogP contribution is 2.12. The number of amides is 1. The zero-order valence-electron chi connectivity index (χ0n) is 12.9. The highest BCUT2D eigenvalue weighted by atomic mass is 16.5. The van der Waals surface area contributed by atoms with Crippen LogP contribution in [0.4, 0.5) is 0 Å². The van der Waals surface area contributed by atoms with Gasteiger partial charge in [0.25, 0.3) is 0 Å². The maximum absolute atomic E-state index is 11.9. The number of carbonyl (C=O) groups excluding carboxylic acids is 1. The summed E-state index contributed by atoms with van der Waals surface area (Å²) in [6, 6.07) is 0.373. The summed E-state index contributed by atoms with van der Waals surface area (Å²) in [4.78, 5) is 24.7. The SMILES string of the molecule is CNC(=O)[C@@H]1CN(C)CCN(Cc2cnc(OC)nc2)C1. The third kappa shape index (κ3) is 4.37. The minimum Gasteiger partial charge on any atom is -0.467 e. The van der Waals surface area contributed by atoms with Gasteiger partial charge in [0.05, 0.1) is 13.0 Å². The Labute approximate surface area is 125 Å². The van der Waals surface area contributed by atoms with Crippen molar-refractivity contribution in [2.24, 2.45) is 5.92 Å². The Balaban J connectivity index is 2.01. The van der Waals surface area contributed by atoms with Crippen molar-refractivity contribution >= 4 is 5.91 Å². The summed E-state index contributed by atoms with van der Waals surface area (Å²) in [6.07, 6.45) is 3.55. The van der Waals surface area contributed by atoms with Crippen molar-refractivity contribution in [2.75, 3.05) is 47.4 Å². The fraction of sp³-hybridized carbons (Fsp3) is 0.643. The standard InChI is InChI=1S/C14H23N5O2/c1-15-13(20)12-9-18(2)4-5-19(10-12)8-11-6-16-14(21-3)17-7-11/h6-7,12H,4-5,8-10H2,1-3H3,(H,15,20)/t12-/m1/s1. The largest absolute Gasteiger partial charge is 0.467 e. The van der Waals surface area contributed by atoms with Gasteiger partial charge in [-0.15, -0.1) is 0 Å². The molecular weight excluding hydrogens is 270 g/mol. The van der Waals surface area contributed by atoms with E-state index in [-0.39, 0.29) is 11.8 Å². The summed E-state index contributed by atoms with van der Waals surface area (Å²) in [5.74, 6) is 0.0846. The second-order valence-electron chi connectivity index (χ2n) is 5.39. The molecule has 7 heteroatoms. The molecule has 0 spiro atoms. The summed E-state index contributed by atoms with van der Waals surface area (Å²) in [5, 5.41) is 2.75. The van der Waals surface area contributed by atoms with Crippen LogP contribution in [0.1, 0.15) is 5.56 Å². The van der Waals surface area contributed by atoms with E-state index in [9.17, 15) is 4.79 Å². The van der Waals surface area contributed by atoms with Gasteiger partial charge < -0.3 is 15.0 Å². The van der Waals surface area contributed by atoms with Crippen LogP contribution in [0.15, 0.2) is 12.4 Å². The van der Waals surface area contributed by atoms with Crippen LogP contribution in [-0.4, -0.2) is 73.1 Å². The molecule has 0 bridgehead atoms. The molecule has 21 heavy (non-hydrogen) atoms. The Kier molecular flexibility index (Phi) is 5.46. The van der Waals surface area contributed by atoms with Crippen LogP contribution in [0.2, 0.25) is 0 Å². The quantitative estimate of drug-likeness (QED) is 0.814. The molecule has 116 valence electrons. The van der Waals surface area contributed by atoms with E-state index in [1.54, 1.807) is 26.6 Å². The van der Waals surface area contributed by atoms with Gasteiger partial charge in [-0.3, -0.25) is 9.69 Å². The van der Waals surface area contributed by atoms with Gasteiger partial charge in [-0.25, -0.2) is 9.97 Å². The lowest BCUT2D eigenvalue weighted by Crippen LogP contribution is -2.39. The van der Waals surface area contributed by atoms with Gasteiger partial charge in [0, 0.05) is 57.7 Å². The van der Waals surface area contributed by atoms with Gasteiger partial charge in [0.15, 0.2) is 0 Å². The van der Waals surface area contributed by atoms with E-state index in [1.807, 2.05) is 0 Å². The molecule has 1 fully saturated rings. The molecule has 1 saturated heterocycles. The topological polar surface area (TPSA) is 70.6 Å². The molecule has 1 amide bonds. The molecular formula is C14H23N5O2. The average Bonchev–Trinajstić information content (AvgIpc) is 2.69. The van der Waals surface area contributed by atoms with Crippen molar-refractivity contribution in [2.45, 2.75) is 6.54 Å². The fourth-order valence-corrected chi connectivity index (χ4v) is 2.54. The number of likely N-dealkylation sites (N-methyl/N-ethyl adjacent to an activating group) is 1. The van der Waals surface area contributed by atoms with Gasteiger partial charge in [-0.05, 0) is 7.05 Å². The molecule has 0 aliphatic carbocycles. The average molecular weight is 293 g/mol. The number of aromatic nitrogens is 2. The van der Waals surface area contributed by atoms with Crippen LogP contribution in [0.5, 0.6) is 6.01 Å². The molecule has 1 aliphatic heterocycles. The zero-order chi connectivity index (χ0) is 15.2. The monoisotopic (exact) mass is 293 g/mol. The maximum atomic E-state index is 11.9. The number of ether oxygens (including phenoxy) is 1. The minimum atomic E-state index is -0.0123. The van der Waals surface area contributed by atoms with Gasteiger partial charge in [-0.2, -0.15) is 0 Å². The third-order valence-corrected chi connectivity index (χ3v) is 3.70. The Morgan fingerprint density at radius 1 is 1.38 bits per heavy atom. The number of hydrogen-bond acceptors (Lipinski definition) is 6. The predicted octanol–water partition coefficient (Wildman–Crippen LogP) is -0.405. The molecule has 1 aliphatic rings. The summed E-state index contributed by atoms with van der Waals surface area (Å²) < 4.78 is 4.96. The summed E-state index contributed by atoms with van der Waals surface area (Å²) in [7, 11) is 5.29. The molecule has 1 atom stereocenters. The minimum absolute atomic E-state index is 0.0123. The second kappa shape index (κ2) is 7.33. The first-order valence-corrected chi connectivity index (χ1v) is 7.09. The summed E-state index contributed by atoms with van der Waals surface area (Å²) in [5.41, 5.74) is 1.02. The van der Waals surface area contributed by atoms with Crippen molar-refractivity contribution in [1.82, 2.24) is 25.1 Å². The fourth-order valence-electron chi connectivity index (χ4n) is 2.54. The Morgan fingerprint density at radius 2 is 2.10 bits per heavy atom. The highest BCUT2D eigenvalue weighted by molar-refractivity contribution is 5.78. The molecule has 2 heterocycles. The molecule has 7 nitrogen and oxygen atoms in total. The normalized spacial score (nSPS) is 20.8. The molecule has 0 saturated carbocycles. The van der Waals surface area contributed by atoms with Crippen molar-refractivity contribution in [1.29, 1.82) is 0 Å². The molecule has 0 unspecified atom stereocenters. The van der Waals surface area contributed by atoms with Gasteiger partial charge in [0.1, 0.15) is 0 Å². The van der Waals surface area contributed by atoms with E-state index < -0.39 is 0 Å². The number of nitrogens with zero attached hydrogens (tertiary/aromatic N) is 4. The smallest absolute Gasteiger partial charge is 0.316 e. The van der Waals surface area contributed by atoms with Crippen LogP contribution in [0.25, 0.3) is 0 Å². The number of rotatable bonds is 4. The second-order valence-corrected chi connectivity index (χ2v) is 5.39. The lowest BCUT2D eigenvalue weighted by molar-refractivity contribution is -0.125. The number of methoxy groups -OCH3 is 1. The summed E-state index contributed by atoms with van der Waals surface area (Å²) >= 11 is 0. The number of carbonyl (C=O) groups is 1. The maximum Gasteiger partial charge on any atom is 0.316 e. The first-order valence-electron chi connectivity index (χ1n) is 7.09. The lowest BCUT2D eigenvalue weighted by Gasteiger charge is -2.22. The van der Waals surface area contributed by atoms with E-state index in [2.05, 4.69) is 32.1 Å². The molecule has 1 aromatic rings. The van der Waals surface area contributed by atoms with Crippen LogP contribution < -0.4 is 10.1 Å². The molecule has 0 radical (unpaired) electrons.